The highest BCUT2D eigenvalue weighted by Crippen LogP contribution is 2.39. The lowest BCUT2D eigenvalue weighted by atomic mass is 9.88. The molecule has 0 saturated carbocycles. The third kappa shape index (κ3) is 39.6. The van der Waals surface area contributed by atoms with Gasteiger partial charge in [0.05, 0.1) is 50.7 Å². The topological polar surface area (TPSA) is 373 Å². The summed E-state index contributed by atoms with van der Waals surface area (Å²) in [5.41, 5.74) is 0. The maximum Gasteiger partial charge on any atom is 0.364 e. The van der Waals surface area contributed by atoms with Crippen LogP contribution in [0.15, 0.2) is 12.2 Å². The van der Waals surface area contributed by atoms with Gasteiger partial charge in [-0.05, 0) is 19.3 Å². The molecule has 0 aliphatic carbocycles. The van der Waals surface area contributed by atoms with Gasteiger partial charge in [0, 0.05) is 19.8 Å². The molecule has 3 aliphatic rings. The number of hydrogen-bond donors (Lipinski definition) is 14. The average Bonchev–Trinajstić information content (AvgIpc) is 0.755. The summed E-state index contributed by atoms with van der Waals surface area (Å²) in [5.74, 6) is -6.13. The molecule has 0 aromatic heterocycles. The number of nitrogens with one attached hydrogen (secondary N) is 2. The van der Waals surface area contributed by atoms with E-state index >= 15 is 0 Å². The first-order valence-corrected chi connectivity index (χ1v) is 41.6. The predicted octanol–water partition coefficient (Wildman–Crippen LogP) is 11.4. The van der Waals surface area contributed by atoms with Crippen LogP contribution in [0.5, 0.6) is 0 Å². The molecule has 2 amide bonds. The second-order valence-corrected chi connectivity index (χ2v) is 30.4. The zero-order valence-electron chi connectivity index (χ0n) is 64.2. The van der Waals surface area contributed by atoms with Crippen molar-refractivity contribution in [3.63, 3.8) is 0 Å². The minimum atomic E-state index is -3.08. The van der Waals surface area contributed by atoms with Gasteiger partial charge in [-0.2, -0.15) is 0 Å². The normalized spacial score (nSPS) is 26.5. The quantitative estimate of drug-likeness (QED) is 0.0199. The SMILES string of the molecule is CCCCCCCCCCCC/C=C/C(O)C(COC1OC(CO)C(OC2OC(CO)C(O)C(OC3(C(=O)O)CC(O)C(NC(C)=O)C(C(O)C(O)CO)O3)C2O)C(O)C1O)NC(=O)CCCCCCCCCCCCCCCCCCCCCCCCCCCCCCCCCCCCCCC. The predicted molar refractivity (Wildman–Crippen MR) is 398 cm³/mol. The van der Waals surface area contributed by atoms with E-state index < -0.39 is 155 Å². The molecule has 0 aromatic carbocycles. The van der Waals surface area contributed by atoms with Gasteiger partial charge in [0.25, 0.3) is 5.79 Å². The molecule has 3 rings (SSSR count). The Morgan fingerprint density at radius 1 is 0.505 bits per heavy atom. The van der Waals surface area contributed by atoms with Crippen LogP contribution in [-0.2, 0) is 42.8 Å². The molecule has 3 saturated heterocycles. The molecule has 606 valence electrons. The van der Waals surface area contributed by atoms with E-state index in [1.54, 1.807) is 6.08 Å². The first kappa shape index (κ1) is 94.7. The van der Waals surface area contributed by atoms with Crippen molar-refractivity contribution in [2.75, 3.05) is 26.4 Å². The van der Waals surface area contributed by atoms with Crippen molar-refractivity contribution in [1.82, 2.24) is 10.6 Å². The van der Waals surface area contributed by atoms with Crippen molar-refractivity contribution >= 4 is 17.8 Å². The number of carboxylic acids is 1. The fourth-order valence-corrected chi connectivity index (χ4v) is 14.7. The van der Waals surface area contributed by atoms with Gasteiger partial charge in [0.1, 0.15) is 67.1 Å². The molecule has 3 heterocycles. The zero-order valence-corrected chi connectivity index (χ0v) is 64.2. The Balaban J connectivity index is 1.39. The Bertz CT molecular complexity index is 2100. The van der Waals surface area contributed by atoms with E-state index in [0.29, 0.717) is 12.8 Å². The maximum absolute atomic E-state index is 13.5. The summed E-state index contributed by atoms with van der Waals surface area (Å²) in [6.07, 6.45) is 35.9. The average molecular weight is 1480 g/mol. The van der Waals surface area contributed by atoms with E-state index in [9.17, 15) is 75.7 Å². The van der Waals surface area contributed by atoms with Gasteiger partial charge >= 0.3 is 5.97 Å². The van der Waals surface area contributed by atoms with Gasteiger partial charge < -0.3 is 100 Å². The van der Waals surface area contributed by atoms with Crippen molar-refractivity contribution in [2.45, 2.75) is 452 Å². The second kappa shape index (κ2) is 59.4. The van der Waals surface area contributed by atoms with Crippen LogP contribution in [0.2, 0.25) is 0 Å². The first-order chi connectivity index (χ1) is 49.9. The third-order valence-corrected chi connectivity index (χ3v) is 21.2. The van der Waals surface area contributed by atoms with E-state index in [4.69, 9.17) is 28.4 Å². The minimum Gasteiger partial charge on any atom is -0.477 e. The standard InChI is InChI=1S/C80H150N2O21/c1-4-6-8-10-12-14-16-18-19-20-21-22-23-24-25-26-27-28-29-30-31-32-33-34-35-36-37-38-39-40-41-42-44-46-48-50-52-54-67(90)82-61(62(87)53-51-49-47-45-43-17-15-13-11-9-7-5-2)59-98-77-72(94)71(93)74(66(58-85)100-77)101-78-73(95)76(70(92)65(57-84)99-78)103-80(79(96)97)55-63(88)68(81-60(3)86)75(102-80)69(91)64(89)56-83/h51,53,61-66,68-78,83-85,87-89,91-95H,4-50,52,54-59H2,1-3H3,(H,81,86)(H,82,90)(H,96,97)/b53-51+. The lowest BCUT2D eigenvalue weighted by Crippen LogP contribution is -2.70. The van der Waals surface area contributed by atoms with Gasteiger partial charge in [-0.15, -0.1) is 0 Å². The third-order valence-electron chi connectivity index (χ3n) is 21.2. The van der Waals surface area contributed by atoms with E-state index in [1.807, 2.05) is 6.08 Å². The summed E-state index contributed by atoms with van der Waals surface area (Å²) in [6.45, 7) is 2.16. The molecule has 14 N–H and O–H groups in total. The lowest BCUT2D eigenvalue weighted by molar-refractivity contribution is -0.386. The number of allylic oxidation sites excluding steroid dienone is 1. The van der Waals surface area contributed by atoms with Crippen LogP contribution in [0.3, 0.4) is 0 Å². The highest BCUT2D eigenvalue weighted by Gasteiger charge is 2.60. The van der Waals surface area contributed by atoms with Crippen molar-refractivity contribution in [3.8, 4) is 0 Å². The number of carboxylic acid groups (broad SMARTS) is 1. The van der Waals surface area contributed by atoms with Crippen LogP contribution < -0.4 is 10.6 Å². The van der Waals surface area contributed by atoms with Crippen LogP contribution in [0.1, 0.15) is 342 Å². The Kier molecular flexibility index (Phi) is 54.6. The van der Waals surface area contributed by atoms with Gasteiger partial charge in [-0.3, -0.25) is 9.59 Å². The highest BCUT2D eigenvalue weighted by atomic mass is 16.8. The molecule has 3 fully saturated rings. The smallest absolute Gasteiger partial charge is 0.364 e. The number of aliphatic hydroxyl groups excluding tert-OH is 11. The minimum absolute atomic E-state index is 0.205. The fourth-order valence-electron chi connectivity index (χ4n) is 14.7. The highest BCUT2D eigenvalue weighted by molar-refractivity contribution is 5.77. The molecular formula is C80H150N2O21. The number of unbranched alkanes of at least 4 members (excludes halogenated alkanes) is 46. The largest absolute Gasteiger partial charge is 0.477 e. The molecular weight excluding hydrogens is 1320 g/mol. The molecule has 0 radical (unpaired) electrons. The van der Waals surface area contributed by atoms with E-state index in [2.05, 4.69) is 24.5 Å². The summed E-state index contributed by atoms with van der Waals surface area (Å²) in [6, 6.07) is -2.61. The number of ether oxygens (including phenoxy) is 6. The molecule has 18 atom stereocenters. The summed E-state index contributed by atoms with van der Waals surface area (Å²) in [5, 5.41) is 136. The van der Waals surface area contributed by atoms with Crippen molar-refractivity contribution in [2.24, 2.45) is 0 Å². The molecule has 23 nitrogen and oxygen atoms in total. The van der Waals surface area contributed by atoms with E-state index in [1.165, 1.54) is 250 Å². The Hall–Kier alpha value is -2.53. The second-order valence-electron chi connectivity index (χ2n) is 30.4. The number of rotatable bonds is 66. The number of carbonyl (C=O) groups is 3. The Labute approximate surface area is 620 Å². The number of carbonyl (C=O) groups excluding carboxylic acids is 2. The molecule has 0 bridgehead atoms. The Morgan fingerprint density at radius 3 is 1.29 bits per heavy atom. The van der Waals surface area contributed by atoms with Gasteiger partial charge in [-0.25, -0.2) is 4.79 Å². The number of aliphatic carboxylic acids is 1. The number of amides is 2. The zero-order chi connectivity index (χ0) is 75.3. The number of hydrogen-bond acceptors (Lipinski definition) is 20. The first-order valence-electron chi connectivity index (χ1n) is 41.6. The molecule has 0 spiro atoms. The van der Waals surface area contributed by atoms with E-state index in [0.717, 1.165) is 51.9 Å². The number of aliphatic hydroxyl groups is 11. The maximum atomic E-state index is 13.5. The van der Waals surface area contributed by atoms with Crippen molar-refractivity contribution in [1.29, 1.82) is 0 Å². The van der Waals surface area contributed by atoms with Crippen molar-refractivity contribution in [3.05, 3.63) is 12.2 Å². The Morgan fingerprint density at radius 2 is 0.903 bits per heavy atom. The summed E-state index contributed by atoms with van der Waals surface area (Å²) in [7, 11) is 0. The summed E-state index contributed by atoms with van der Waals surface area (Å²) in [4.78, 5) is 38.6. The summed E-state index contributed by atoms with van der Waals surface area (Å²) >= 11 is 0. The van der Waals surface area contributed by atoms with Gasteiger partial charge in [0.2, 0.25) is 11.8 Å². The molecule has 23 heteroatoms. The monoisotopic (exact) mass is 1480 g/mol. The van der Waals surface area contributed by atoms with Crippen LogP contribution in [0, 0.1) is 0 Å². The van der Waals surface area contributed by atoms with Crippen LogP contribution in [0.4, 0.5) is 0 Å². The van der Waals surface area contributed by atoms with E-state index in [-0.39, 0.29) is 12.3 Å². The van der Waals surface area contributed by atoms with Crippen molar-refractivity contribution < 1.29 is 104 Å². The van der Waals surface area contributed by atoms with Crippen LogP contribution in [-0.4, -0.2) is 215 Å². The summed E-state index contributed by atoms with van der Waals surface area (Å²) < 4.78 is 34.8. The lowest BCUT2D eigenvalue weighted by Gasteiger charge is -2.50. The van der Waals surface area contributed by atoms with Crippen LogP contribution >= 0.6 is 0 Å². The van der Waals surface area contributed by atoms with Crippen LogP contribution in [0.25, 0.3) is 0 Å². The fraction of sp³-hybridized carbons (Fsp3) is 0.938. The van der Waals surface area contributed by atoms with Gasteiger partial charge in [-0.1, -0.05) is 315 Å². The molecule has 18 unspecified atom stereocenters. The van der Waals surface area contributed by atoms with Gasteiger partial charge in [0.15, 0.2) is 12.6 Å². The molecule has 0 aromatic rings. The molecule has 103 heavy (non-hydrogen) atoms. The molecule has 3 aliphatic heterocycles.